The highest BCUT2D eigenvalue weighted by atomic mass is 79.9. The summed E-state index contributed by atoms with van der Waals surface area (Å²) in [5, 5.41) is 13.1. The van der Waals surface area contributed by atoms with Gasteiger partial charge in [0.2, 0.25) is 0 Å². The summed E-state index contributed by atoms with van der Waals surface area (Å²) in [6.07, 6.45) is 1.95. The van der Waals surface area contributed by atoms with Crippen LogP contribution in [0.2, 0.25) is 0 Å². The third-order valence-corrected chi connectivity index (χ3v) is 4.81. The van der Waals surface area contributed by atoms with Crippen LogP contribution in [0.25, 0.3) is 10.9 Å². The van der Waals surface area contributed by atoms with Gasteiger partial charge in [-0.15, -0.1) is 0 Å². The van der Waals surface area contributed by atoms with Crippen molar-refractivity contribution in [1.82, 2.24) is 10.3 Å². The van der Waals surface area contributed by atoms with Gasteiger partial charge in [-0.1, -0.05) is 18.2 Å². The van der Waals surface area contributed by atoms with Gasteiger partial charge in [0.1, 0.15) is 11.8 Å². The van der Waals surface area contributed by atoms with Crippen molar-refractivity contribution in [3.05, 3.63) is 64.3 Å². The van der Waals surface area contributed by atoms with Gasteiger partial charge in [-0.05, 0) is 45.8 Å². The lowest BCUT2D eigenvalue weighted by Gasteiger charge is -2.15. The van der Waals surface area contributed by atoms with Crippen LogP contribution < -0.4 is 10.1 Å². The Bertz CT molecular complexity index is 967. The van der Waals surface area contributed by atoms with Crippen LogP contribution in [0.5, 0.6) is 5.75 Å². The fourth-order valence-corrected chi connectivity index (χ4v) is 3.19. The number of carboxylic acid groups (broad SMARTS) is 1. The number of ether oxygens (including phenoxy) is 1. The first-order valence-corrected chi connectivity index (χ1v) is 8.71. The molecular weight excluding hydrogens is 400 g/mol. The molecule has 0 aliphatic heterocycles. The molecule has 6 nitrogen and oxygen atoms in total. The minimum atomic E-state index is -1.09. The molecule has 0 unspecified atom stereocenters. The maximum Gasteiger partial charge on any atom is 0.326 e. The molecule has 1 heterocycles. The number of methoxy groups -OCH3 is 1. The standard InChI is InChI=1S/C19H17BrN2O4/c1-26-12-6-7-15(20)14(9-12)18(23)22-17(19(24)25)8-11-10-21-16-5-3-2-4-13(11)16/h2-7,9-10,17,21H,8H2,1H3,(H,22,23)(H,24,25)/t17-/m0/s1. The second-order valence-electron chi connectivity index (χ2n) is 5.77. The largest absolute Gasteiger partial charge is 0.497 e. The number of carbonyl (C=O) groups excluding carboxylic acids is 1. The van der Waals surface area contributed by atoms with Crippen molar-refractivity contribution in [3.8, 4) is 5.75 Å². The Balaban J connectivity index is 1.83. The lowest BCUT2D eigenvalue weighted by Crippen LogP contribution is -2.42. The van der Waals surface area contributed by atoms with E-state index in [2.05, 4.69) is 26.2 Å². The van der Waals surface area contributed by atoms with Crippen molar-refractivity contribution in [2.45, 2.75) is 12.5 Å². The van der Waals surface area contributed by atoms with E-state index < -0.39 is 17.9 Å². The predicted octanol–water partition coefficient (Wildman–Crippen LogP) is 3.36. The molecule has 0 aliphatic carbocycles. The molecule has 3 rings (SSSR count). The van der Waals surface area contributed by atoms with Crippen molar-refractivity contribution in [1.29, 1.82) is 0 Å². The molecule has 0 saturated heterocycles. The molecule has 0 bridgehead atoms. The van der Waals surface area contributed by atoms with Crippen LogP contribution in [0.1, 0.15) is 15.9 Å². The molecule has 0 saturated carbocycles. The van der Waals surface area contributed by atoms with Gasteiger partial charge in [0.15, 0.2) is 0 Å². The van der Waals surface area contributed by atoms with Crippen molar-refractivity contribution in [3.63, 3.8) is 0 Å². The van der Waals surface area contributed by atoms with Crippen LogP contribution in [0.15, 0.2) is 53.1 Å². The first-order chi connectivity index (χ1) is 12.5. The number of H-pyrrole nitrogens is 1. The number of hydrogen-bond donors (Lipinski definition) is 3. The van der Waals surface area contributed by atoms with Gasteiger partial charge in [-0.3, -0.25) is 4.79 Å². The molecule has 0 fully saturated rings. The van der Waals surface area contributed by atoms with E-state index >= 15 is 0 Å². The average molecular weight is 417 g/mol. The molecule has 0 aliphatic rings. The molecule has 1 amide bonds. The van der Waals surface area contributed by atoms with Crippen LogP contribution in [-0.2, 0) is 11.2 Å². The zero-order valence-electron chi connectivity index (χ0n) is 14.0. The Labute approximate surface area is 158 Å². The zero-order chi connectivity index (χ0) is 18.7. The molecule has 26 heavy (non-hydrogen) atoms. The molecule has 1 atom stereocenters. The molecule has 1 aromatic heterocycles. The van der Waals surface area contributed by atoms with Crippen LogP contribution in [0.3, 0.4) is 0 Å². The Hall–Kier alpha value is -2.80. The van der Waals surface area contributed by atoms with E-state index in [9.17, 15) is 14.7 Å². The quantitative estimate of drug-likeness (QED) is 0.574. The smallest absolute Gasteiger partial charge is 0.326 e. The molecule has 0 spiro atoms. The van der Waals surface area contributed by atoms with Crippen molar-refractivity contribution in [2.75, 3.05) is 7.11 Å². The number of rotatable bonds is 6. The molecule has 3 N–H and O–H groups in total. The highest BCUT2D eigenvalue weighted by Crippen LogP contribution is 2.23. The van der Waals surface area contributed by atoms with Crippen LogP contribution in [0, 0.1) is 0 Å². The number of aromatic nitrogens is 1. The van der Waals surface area contributed by atoms with Gasteiger partial charge in [0, 0.05) is 28.0 Å². The lowest BCUT2D eigenvalue weighted by atomic mass is 10.0. The Morgan fingerprint density at radius 1 is 1.27 bits per heavy atom. The summed E-state index contributed by atoms with van der Waals surface area (Å²) in [5.41, 5.74) is 2.07. The van der Waals surface area contributed by atoms with E-state index in [4.69, 9.17) is 4.74 Å². The van der Waals surface area contributed by atoms with Gasteiger partial charge >= 0.3 is 5.97 Å². The van der Waals surface area contributed by atoms with E-state index in [1.165, 1.54) is 7.11 Å². The maximum atomic E-state index is 12.6. The van der Waals surface area contributed by atoms with Gasteiger partial charge < -0.3 is 20.1 Å². The summed E-state index contributed by atoms with van der Waals surface area (Å²) in [4.78, 5) is 27.4. The number of aromatic amines is 1. The number of carbonyl (C=O) groups is 2. The summed E-state index contributed by atoms with van der Waals surface area (Å²) >= 11 is 3.31. The second kappa shape index (κ2) is 7.61. The van der Waals surface area contributed by atoms with E-state index in [0.29, 0.717) is 15.8 Å². The number of hydrogen-bond acceptors (Lipinski definition) is 3. The van der Waals surface area contributed by atoms with Crippen LogP contribution in [-0.4, -0.2) is 35.1 Å². The van der Waals surface area contributed by atoms with Gasteiger partial charge in [0.05, 0.1) is 12.7 Å². The van der Waals surface area contributed by atoms with E-state index in [-0.39, 0.29) is 6.42 Å². The molecular formula is C19H17BrN2O4. The van der Waals surface area contributed by atoms with Crippen molar-refractivity contribution in [2.24, 2.45) is 0 Å². The number of para-hydroxylation sites is 1. The fourth-order valence-electron chi connectivity index (χ4n) is 2.76. The molecule has 0 radical (unpaired) electrons. The minimum Gasteiger partial charge on any atom is -0.497 e. The average Bonchev–Trinajstić information content (AvgIpc) is 3.04. The summed E-state index contributed by atoms with van der Waals surface area (Å²) in [5.74, 6) is -1.06. The van der Waals surface area contributed by atoms with E-state index in [1.807, 2.05) is 24.3 Å². The number of aliphatic carboxylic acids is 1. The summed E-state index contributed by atoms with van der Waals surface area (Å²) in [6.45, 7) is 0. The van der Waals surface area contributed by atoms with Crippen molar-refractivity contribution < 1.29 is 19.4 Å². The number of fused-ring (bicyclic) bond motifs is 1. The first kappa shape index (κ1) is 18.0. The van der Waals surface area contributed by atoms with Gasteiger partial charge in [-0.25, -0.2) is 4.79 Å². The second-order valence-corrected chi connectivity index (χ2v) is 6.63. The predicted molar refractivity (Wildman–Crippen MR) is 102 cm³/mol. The molecule has 3 aromatic rings. The number of halogens is 1. The topological polar surface area (TPSA) is 91.4 Å². The van der Waals surface area contributed by atoms with Crippen LogP contribution >= 0.6 is 15.9 Å². The number of nitrogens with one attached hydrogen (secondary N) is 2. The van der Waals surface area contributed by atoms with Crippen molar-refractivity contribution >= 4 is 38.7 Å². The molecule has 7 heteroatoms. The Kier molecular flexibility index (Phi) is 5.27. The van der Waals surface area contributed by atoms with Gasteiger partial charge in [0.25, 0.3) is 5.91 Å². The summed E-state index contributed by atoms with van der Waals surface area (Å²) < 4.78 is 5.69. The normalized spacial score (nSPS) is 11.9. The molecule has 134 valence electrons. The monoisotopic (exact) mass is 416 g/mol. The van der Waals surface area contributed by atoms with E-state index in [0.717, 1.165) is 16.5 Å². The van der Waals surface area contributed by atoms with Gasteiger partial charge in [-0.2, -0.15) is 0 Å². The third-order valence-electron chi connectivity index (χ3n) is 4.12. The first-order valence-electron chi connectivity index (χ1n) is 7.92. The van der Waals surface area contributed by atoms with E-state index in [1.54, 1.807) is 24.4 Å². The summed E-state index contributed by atoms with van der Waals surface area (Å²) in [6, 6.07) is 11.5. The third kappa shape index (κ3) is 3.72. The minimum absolute atomic E-state index is 0.173. The Morgan fingerprint density at radius 2 is 2.04 bits per heavy atom. The zero-order valence-corrected chi connectivity index (χ0v) is 15.5. The molecule has 2 aromatic carbocycles. The number of amides is 1. The number of carboxylic acids is 1. The highest BCUT2D eigenvalue weighted by Gasteiger charge is 2.23. The number of benzene rings is 2. The maximum absolute atomic E-state index is 12.6. The summed E-state index contributed by atoms with van der Waals surface area (Å²) in [7, 11) is 1.50. The Morgan fingerprint density at radius 3 is 2.77 bits per heavy atom. The highest BCUT2D eigenvalue weighted by molar-refractivity contribution is 9.10. The van der Waals surface area contributed by atoms with Crippen LogP contribution in [0.4, 0.5) is 0 Å². The fraction of sp³-hybridized carbons (Fsp3) is 0.158. The SMILES string of the molecule is COc1ccc(Br)c(C(=O)N[C@@H](Cc2c[nH]c3ccccc23)C(=O)O)c1. The lowest BCUT2D eigenvalue weighted by molar-refractivity contribution is -0.139.